The number of anilines is 1. The van der Waals surface area contributed by atoms with Crippen LogP contribution in [0.3, 0.4) is 0 Å². The lowest BCUT2D eigenvalue weighted by Gasteiger charge is -2.19. The van der Waals surface area contributed by atoms with Crippen LogP contribution in [-0.2, 0) is 14.8 Å². The molecule has 0 spiro atoms. The van der Waals surface area contributed by atoms with Gasteiger partial charge in [0, 0.05) is 5.69 Å². The maximum absolute atomic E-state index is 12.5. The number of aryl methyl sites for hydroxylation is 2. The molecule has 152 valence electrons. The average Bonchev–Trinajstić information content (AvgIpc) is 2.61. The van der Waals surface area contributed by atoms with Crippen molar-refractivity contribution in [2.24, 2.45) is 0 Å². The van der Waals surface area contributed by atoms with Crippen LogP contribution in [0.2, 0.25) is 0 Å². The van der Waals surface area contributed by atoms with E-state index in [2.05, 4.69) is 10.0 Å². The van der Waals surface area contributed by atoms with Gasteiger partial charge in [-0.05, 0) is 62.6 Å². The molecule has 1 amide bonds. The van der Waals surface area contributed by atoms with E-state index in [9.17, 15) is 13.2 Å². The Balaban J connectivity index is 1.91. The normalized spacial score (nSPS) is 13.5. The summed E-state index contributed by atoms with van der Waals surface area (Å²) in [5.41, 5.74) is 3.45. The molecule has 0 bridgehead atoms. The SMILES string of the molecule is Cc1ccc(C)c(OCC(C)NC(=O)C(C)c2ccc(NS(C)(=O)=O)cc2)c1. The monoisotopic (exact) mass is 404 g/mol. The molecule has 28 heavy (non-hydrogen) atoms. The minimum Gasteiger partial charge on any atom is -0.491 e. The van der Waals surface area contributed by atoms with Gasteiger partial charge in [0.05, 0.1) is 18.2 Å². The second-order valence-corrected chi connectivity index (χ2v) is 8.96. The lowest BCUT2D eigenvalue weighted by Crippen LogP contribution is -2.39. The first-order valence-electron chi connectivity index (χ1n) is 9.13. The summed E-state index contributed by atoms with van der Waals surface area (Å²) in [5, 5.41) is 2.96. The summed E-state index contributed by atoms with van der Waals surface area (Å²) in [6, 6.07) is 12.7. The van der Waals surface area contributed by atoms with Crippen LogP contribution in [0.1, 0.15) is 36.5 Å². The summed E-state index contributed by atoms with van der Waals surface area (Å²) in [7, 11) is -3.32. The van der Waals surface area contributed by atoms with Gasteiger partial charge in [0.25, 0.3) is 0 Å². The highest BCUT2D eigenvalue weighted by Crippen LogP contribution is 2.20. The number of benzene rings is 2. The molecule has 7 heteroatoms. The van der Waals surface area contributed by atoms with E-state index in [4.69, 9.17) is 4.74 Å². The molecule has 0 radical (unpaired) electrons. The van der Waals surface area contributed by atoms with Gasteiger partial charge in [0.1, 0.15) is 12.4 Å². The second-order valence-electron chi connectivity index (χ2n) is 7.21. The molecular formula is C21H28N2O4S. The number of carbonyl (C=O) groups excluding carboxylic acids is 1. The van der Waals surface area contributed by atoms with Crippen LogP contribution in [0.5, 0.6) is 5.75 Å². The number of rotatable bonds is 8. The zero-order valence-corrected chi connectivity index (χ0v) is 17.8. The fourth-order valence-corrected chi connectivity index (χ4v) is 3.26. The quantitative estimate of drug-likeness (QED) is 0.707. The minimum absolute atomic E-state index is 0.110. The Labute approximate surface area is 167 Å². The van der Waals surface area contributed by atoms with E-state index in [-0.39, 0.29) is 17.9 Å². The summed E-state index contributed by atoms with van der Waals surface area (Å²) in [4.78, 5) is 12.5. The predicted octanol–water partition coefficient (Wildman–Crippen LogP) is 3.36. The van der Waals surface area contributed by atoms with E-state index < -0.39 is 10.0 Å². The van der Waals surface area contributed by atoms with E-state index in [0.717, 1.165) is 28.7 Å². The summed E-state index contributed by atoms with van der Waals surface area (Å²) >= 11 is 0. The lowest BCUT2D eigenvalue weighted by molar-refractivity contribution is -0.123. The van der Waals surface area contributed by atoms with Gasteiger partial charge in [-0.1, -0.05) is 24.3 Å². The van der Waals surface area contributed by atoms with Crippen molar-refractivity contribution in [3.05, 3.63) is 59.2 Å². The van der Waals surface area contributed by atoms with Gasteiger partial charge in [0.2, 0.25) is 15.9 Å². The smallest absolute Gasteiger partial charge is 0.229 e. The highest BCUT2D eigenvalue weighted by Gasteiger charge is 2.18. The van der Waals surface area contributed by atoms with Crippen molar-refractivity contribution >= 4 is 21.6 Å². The summed E-state index contributed by atoms with van der Waals surface area (Å²) in [6.07, 6.45) is 1.10. The van der Waals surface area contributed by atoms with Gasteiger partial charge in [-0.25, -0.2) is 8.42 Å². The Morgan fingerprint density at radius 3 is 2.32 bits per heavy atom. The third kappa shape index (κ3) is 6.56. The van der Waals surface area contributed by atoms with Crippen molar-refractivity contribution in [1.82, 2.24) is 5.32 Å². The molecular weight excluding hydrogens is 376 g/mol. The fourth-order valence-electron chi connectivity index (χ4n) is 2.69. The number of ether oxygens (including phenoxy) is 1. The maximum atomic E-state index is 12.5. The predicted molar refractivity (Wildman–Crippen MR) is 112 cm³/mol. The third-order valence-electron chi connectivity index (χ3n) is 4.33. The van der Waals surface area contributed by atoms with Gasteiger partial charge in [-0.15, -0.1) is 0 Å². The standard InChI is InChI=1S/C21H28N2O4S/c1-14-6-7-15(2)20(12-14)27-13-16(3)22-21(24)17(4)18-8-10-19(11-9-18)23-28(5,25)26/h6-12,16-17,23H,13H2,1-5H3,(H,22,24). The summed E-state index contributed by atoms with van der Waals surface area (Å²) in [6.45, 7) is 8.08. The number of hydrogen-bond acceptors (Lipinski definition) is 4. The van der Waals surface area contributed by atoms with Crippen LogP contribution in [0.25, 0.3) is 0 Å². The van der Waals surface area contributed by atoms with E-state index in [1.165, 1.54) is 0 Å². The molecule has 2 atom stereocenters. The molecule has 0 saturated carbocycles. The molecule has 0 aliphatic carbocycles. The van der Waals surface area contributed by atoms with Crippen molar-refractivity contribution in [1.29, 1.82) is 0 Å². The fraction of sp³-hybridized carbons (Fsp3) is 0.381. The number of hydrogen-bond donors (Lipinski definition) is 2. The van der Waals surface area contributed by atoms with Crippen LogP contribution < -0.4 is 14.8 Å². The third-order valence-corrected chi connectivity index (χ3v) is 4.93. The van der Waals surface area contributed by atoms with Gasteiger partial charge in [-0.3, -0.25) is 9.52 Å². The first-order valence-corrected chi connectivity index (χ1v) is 11.0. The number of carbonyl (C=O) groups is 1. The van der Waals surface area contributed by atoms with E-state index in [1.54, 1.807) is 24.3 Å². The Kier molecular flexibility index (Phi) is 7.07. The second kappa shape index (κ2) is 9.10. The Hall–Kier alpha value is -2.54. The molecule has 0 fully saturated rings. The van der Waals surface area contributed by atoms with Crippen molar-refractivity contribution in [3.63, 3.8) is 0 Å². The van der Waals surface area contributed by atoms with Crippen molar-refractivity contribution in [3.8, 4) is 5.75 Å². The minimum atomic E-state index is -3.32. The Morgan fingerprint density at radius 1 is 1.07 bits per heavy atom. The van der Waals surface area contributed by atoms with E-state index >= 15 is 0 Å². The number of nitrogens with one attached hydrogen (secondary N) is 2. The molecule has 0 aliphatic heterocycles. The molecule has 2 rings (SSSR count). The number of amides is 1. The summed E-state index contributed by atoms with van der Waals surface area (Å²) in [5.74, 6) is 0.347. The van der Waals surface area contributed by atoms with Crippen LogP contribution in [0, 0.1) is 13.8 Å². The molecule has 2 N–H and O–H groups in total. The molecule has 0 aromatic heterocycles. The van der Waals surface area contributed by atoms with Crippen LogP contribution >= 0.6 is 0 Å². The lowest BCUT2D eigenvalue weighted by atomic mass is 10.00. The zero-order valence-electron chi connectivity index (χ0n) is 16.9. The van der Waals surface area contributed by atoms with Crippen LogP contribution in [-0.4, -0.2) is 33.2 Å². The molecule has 2 unspecified atom stereocenters. The van der Waals surface area contributed by atoms with E-state index in [0.29, 0.717) is 12.3 Å². The van der Waals surface area contributed by atoms with Crippen LogP contribution in [0.4, 0.5) is 5.69 Å². The van der Waals surface area contributed by atoms with Gasteiger partial charge < -0.3 is 10.1 Å². The van der Waals surface area contributed by atoms with Crippen molar-refractivity contribution in [2.45, 2.75) is 39.7 Å². The summed E-state index contributed by atoms with van der Waals surface area (Å²) < 4.78 is 30.8. The van der Waals surface area contributed by atoms with Crippen molar-refractivity contribution < 1.29 is 17.9 Å². The van der Waals surface area contributed by atoms with Crippen molar-refractivity contribution in [2.75, 3.05) is 17.6 Å². The molecule has 0 heterocycles. The molecule has 2 aromatic carbocycles. The zero-order chi connectivity index (χ0) is 20.9. The Bertz CT molecular complexity index is 924. The van der Waals surface area contributed by atoms with E-state index in [1.807, 2.05) is 45.9 Å². The topological polar surface area (TPSA) is 84.5 Å². The van der Waals surface area contributed by atoms with Crippen LogP contribution in [0.15, 0.2) is 42.5 Å². The first-order chi connectivity index (χ1) is 13.0. The molecule has 2 aromatic rings. The highest BCUT2D eigenvalue weighted by atomic mass is 32.2. The molecule has 0 saturated heterocycles. The largest absolute Gasteiger partial charge is 0.491 e. The maximum Gasteiger partial charge on any atom is 0.229 e. The van der Waals surface area contributed by atoms with Gasteiger partial charge in [-0.2, -0.15) is 0 Å². The Morgan fingerprint density at radius 2 is 1.71 bits per heavy atom. The molecule has 0 aliphatic rings. The van der Waals surface area contributed by atoms with Gasteiger partial charge in [0.15, 0.2) is 0 Å². The van der Waals surface area contributed by atoms with Gasteiger partial charge >= 0.3 is 0 Å². The highest BCUT2D eigenvalue weighted by molar-refractivity contribution is 7.92. The molecule has 6 nitrogen and oxygen atoms in total. The first kappa shape index (κ1) is 21.8. The average molecular weight is 405 g/mol. The number of sulfonamides is 1.